The maximum atomic E-state index is 2.52. The molecule has 5 rings (SSSR count). The molecule has 1 unspecified atom stereocenters. The molecule has 3 aromatic carbocycles. The molecule has 2 aliphatic carbocycles. The van der Waals surface area contributed by atoms with Gasteiger partial charge in [-0.3, -0.25) is 0 Å². The van der Waals surface area contributed by atoms with Crippen molar-refractivity contribution in [2.45, 2.75) is 34.1 Å². The van der Waals surface area contributed by atoms with Gasteiger partial charge in [-0.25, -0.2) is 0 Å². The third kappa shape index (κ3) is 4.21. The summed E-state index contributed by atoms with van der Waals surface area (Å²) in [6.45, 7) is 9.57. The minimum absolute atomic E-state index is 0. The number of rotatable bonds is 3. The molecule has 0 N–H and O–H groups in total. The molecule has 2 aliphatic rings. The Hall–Kier alpha value is -1.53. The SMILES string of the molecule is CC1=[C]([Zr+2](=[C](C)C)[c]2cccc3c2Cc2ccccc2-3)C(C)C=C1c1ccccc1.[Cl-].[Cl-]. The molecule has 0 fully saturated rings. The number of hydrogen-bond acceptors (Lipinski definition) is 0. The summed E-state index contributed by atoms with van der Waals surface area (Å²) in [6.07, 6.45) is 3.61. The summed E-state index contributed by atoms with van der Waals surface area (Å²) in [5, 5.41) is 0. The zero-order chi connectivity index (χ0) is 20.8. The molecular formula is C29H28Cl2Zr. The number of halogens is 2. The summed E-state index contributed by atoms with van der Waals surface area (Å²) >= 11 is -2.17. The van der Waals surface area contributed by atoms with Crippen LogP contribution in [-0.4, -0.2) is 3.21 Å². The van der Waals surface area contributed by atoms with E-state index in [2.05, 4.69) is 107 Å². The van der Waals surface area contributed by atoms with Crippen molar-refractivity contribution in [1.29, 1.82) is 0 Å². The monoisotopic (exact) mass is 536 g/mol. The van der Waals surface area contributed by atoms with E-state index in [0.29, 0.717) is 5.92 Å². The molecule has 0 bridgehead atoms. The molecular weight excluding hydrogens is 510 g/mol. The first-order valence-electron chi connectivity index (χ1n) is 10.9. The summed E-state index contributed by atoms with van der Waals surface area (Å²) in [5.41, 5.74) is 10.4. The molecule has 162 valence electrons. The molecule has 0 aliphatic heterocycles. The van der Waals surface area contributed by atoms with Crippen molar-refractivity contribution in [3.05, 3.63) is 104 Å². The standard InChI is InChI=1S/C13H9.C13H13.C3H6.2ClH.Zr/c1-3-7-12-10(5-1)9-11-6-2-4-8-13(11)12;1-10-8-11(2)13(9-10)12-6-4-3-5-7-12;1-3-2;;;/h1-5,7-8H,9H2;3-7,9-10H,1-2H3;1-2H3;2*1H;/q;;;;;+2/p-2. The van der Waals surface area contributed by atoms with Crippen LogP contribution in [0.2, 0.25) is 0 Å². The number of hydrogen-bond donors (Lipinski definition) is 0. The van der Waals surface area contributed by atoms with Crippen LogP contribution in [0.4, 0.5) is 0 Å². The third-order valence-corrected chi connectivity index (χ3v) is 15.0. The maximum absolute atomic E-state index is 2.52. The fraction of sp³-hybridized carbons (Fsp3) is 0.207. The van der Waals surface area contributed by atoms with Crippen LogP contribution in [0.1, 0.15) is 44.4 Å². The van der Waals surface area contributed by atoms with E-state index < -0.39 is 21.3 Å². The molecule has 0 saturated heterocycles. The quantitative estimate of drug-likeness (QED) is 0.361. The second-order valence-corrected chi connectivity index (χ2v) is 15.8. The molecule has 0 aromatic heterocycles. The van der Waals surface area contributed by atoms with Gasteiger partial charge in [-0.1, -0.05) is 0 Å². The third-order valence-electron chi connectivity index (χ3n) is 6.65. The van der Waals surface area contributed by atoms with Crippen molar-refractivity contribution in [2.75, 3.05) is 0 Å². The van der Waals surface area contributed by atoms with Crippen LogP contribution in [0, 0.1) is 5.92 Å². The van der Waals surface area contributed by atoms with E-state index in [1.54, 1.807) is 15.3 Å². The summed E-state index contributed by atoms with van der Waals surface area (Å²) in [5.74, 6) is 0.532. The second-order valence-electron chi connectivity index (χ2n) is 8.81. The van der Waals surface area contributed by atoms with E-state index in [9.17, 15) is 0 Å². The average molecular weight is 539 g/mol. The van der Waals surface area contributed by atoms with E-state index in [1.807, 2.05) is 0 Å². The first-order chi connectivity index (χ1) is 14.6. The van der Waals surface area contributed by atoms with E-state index in [-0.39, 0.29) is 24.8 Å². The van der Waals surface area contributed by atoms with Gasteiger partial charge in [0.1, 0.15) is 0 Å². The smallest absolute Gasteiger partial charge is 1.00 e. The van der Waals surface area contributed by atoms with Crippen LogP contribution >= 0.6 is 0 Å². The van der Waals surface area contributed by atoms with Crippen LogP contribution in [0.15, 0.2) is 87.7 Å². The Balaban J connectivity index is 0.00000144. The fourth-order valence-corrected chi connectivity index (χ4v) is 13.2. The molecule has 3 aromatic rings. The van der Waals surface area contributed by atoms with Gasteiger partial charge in [0.15, 0.2) is 0 Å². The van der Waals surface area contributed by atoms with Crippen LogP contribution in [0.25, 0.3) is 16.7 Å². The molecule has 1 atom stereocenters. The maximum Gasteiger partial charge on any atom is -1.00 e. The Bertz CT molecular complexity index is 1250. The summed E-state index contributed by atoms with van der Waals surface area (Å²) in [7, 11) is 0. The summed E-state index contributed by atoms with van der Waals surface area (Å²) < 4.78 is 5.13. The first-order valence-corrected chi connectivity index (χ1v) is 14.6. The molecule has 0 saturated carbocycles. The summed E-state index contributed by atoms with van der Waals surface area (Å²) in [6, 6.07) is 27.0. The molecule has 0 spiro atoms. The Labute approximate surface area is 212 Å². The van der Waals surface area contributed by atoms with Gasteiger partial charge in [-0.05, 0) is 0 Å². The topological polar surface area (TPSA) is 0 Å². The van der Waals surface area contributed by atoms with Crippen molar-refractivity contribution < 1.29 is 46.1 Å². The largest absolute Gasteiger partial charge is 1.00 e. The van der Waals surface area contributed by atoms with Crippen LogP contribution in [-0.2, 0) is 27.7 Å². The molecule has 32 heavy (non-hydrogen) atoms. The second kappa shape index (κ2) is 10.2. The minimum atomic E-state index is -2.17. The van der Waals surface area contributed by atoms with Gasteiger partial charge in [-0.15, -0.1) is 0 Å². The van der Waals surface area contributed by atoms with Crippen LogP contribution in [0.3, 0.4) is 0 Å². The van der Waals surface area contributed by atoms with Crippen molar-refractivity contribution in [3.8, 4) is 11.1 Å². The molecule has 0 heterocycles. The number of benzene rings is 3. The van der Waals surface area contributed by atoms with E-state index >= 15 is 0 Å². The van der Waals surface area contributed by atoms with Crippen LogP contribution in [0.5, 0.6) is 0 Å². The van der Waals surface area contributed by atoms with Crippen LogP contribution < -0.4 is 28.1 Å². The van der Waals surface area contributed by atoms with Crippen molar-refractivity contribution in [3.63, 3.8) is 0 Å². The average Bonchev–Trinajstić information content (AvgIpc) is 3.27. The van der Waals surface area contributed by atoms with Gasteiger partial charge >= 0.3 is 189 Å². The van der Waals surface area contributed by atoms with E-state index in [0.717, 1.165) is 6.42 Å². The van der Waals surface area contributed by atoms with Gasteiger partial charge in [0, 0.05) is 0 Å². The van der Waals surface area contributed by atoms with Crippen molar-refractivity contribution in [2.24, 2.45) is 5.92 Å². The van der Waals surface area contributed by atoms with Crippen molar-refractivity contribution >= 4 is 12.1 Å². The molecule has 0 radical (unpaired) electrons. The Kier molecular flexibility index (Phi) is 7.98. The number of fused-ring (bicyclic) bond motifs is 3. The van der Waals surface area contributed by atoms with Gasteiger partial charge in [0.05, 0.1) is 0 Å². The minimum Gasteiger partial charge on any atom is -1.00 e. The zero-order valence-corrected chi connectivity index (χ0v) is 23.0. The fourth-order valence-electron chi connectivity index (χ4n) is 5.37. The van der Waals surface area contributed by atoms with E-state index in [4.69, 9.17) is 0 Å². The predicted octanol–water partition coefficient (Wildman–Crippen LogP) is 0.729. The summed E-state index contributed by atoms with van der Waals surface area (Å²) in [4.78, 5) is 0. The van der Waals surface area contributed by atoms with Gasteiger partial charge in [0.25, 0.3) is 0 Å². The molecule has 3 heteroatoms. The Morgan fingerprint density at radius 3 is 2.19 bits per heavy atom. The van der Waals surface area contributed by atoms with Gasteiger partial charge < -0.3 is 24.8 Å². The van der Waals surface area contributed by atoms with Gasteiger partial charge in [0.2, 0.25) is 0 Å². The van der Waals surface area contributed by atoms with Crippen molar-refractivity contribution in [1.82, 2.24) is 0 Å². The normalized spacial score (nSPS) is 15.6. The Morgan fingerprint density at radius 2 is 1.47 bits per heavy atom. The van der Waals surface area contributed by atoms with E-state index in [1.165, 1.54) is 33.4 Å². The predicted molar refractivity (Wildman–Crippen MR) is 127 cm³/mol. The zero-order valence-electron chi connectivity index (χ0n) is 19.0. The molecule has 0 amide bonds. The van der Waals surface area contributed by atoms with Gasteiger partial charge in [-0.2, -0.15) is 0 Å². The molecule has 0 nitrogen and oxygen atoms in total. The number of allylic oxidation sites excluding steroid dienone is 4. The first kappa shape index (κ1) is 25.1. The Morgan fingerprint density at radius 1 is 0.812 bits per heavy atom.